The van der Waals surface area contributed by atoms with Crippen LogP contribution in [0.1, 0.15) is 0 Å². The molecule has 0 heterocycles. The Balaban J connectivity index is -0.00000000800. The third-order valence-electron chi connectivity index (χ3n) is 0. The molecule has 0 unspecified atom stereocenters. The predicted octanol–water partition coefficient (Wildman–Crippen LogP) is -5.14. The monoisotopic (exact) mass is 212 g/mol. The Bertz CT molecular complexity index is 55.4. The Morgan fingerprint density at radius 1 is 0.800 bits per heavy atom. The fourth-order valence-electron chi connectivity index (χ4n) is 0. The van der Waals surface area contributed by atoms with E-state index in [0.717, 1.165) is 0 Å². The Labute approximate surface area is 86.3 Å². The predicted molar refractivity (Wildman–Crippen MR) is 37.3 cm³/mol. The second kappa shape index (κ2) is 16.7. The van der Waals surface area contributed by atoms with Gasteiger partial charge in [0.1, 0.15) is 0 Å². The van der Waals surface area contributed by atoms with Crippen LogP contribution in [0.3, 0.4) is 0 Å². The molecule has 10 heavy (non-hydrogen) atoms. The first-order valence-corrected chi connectivity index (χ1v) is 2.35. The zero-order chi connectivity index (χ0) is 4.50. The summed E-state index contributed by atoms with van der Waals surface area (Å²) in [6.07, 6.45) is 0. The van der Waals surface area contributed by atoms with E-state index in [-0.39, 0.29) is 59.6 Å². The van der Waals surface area contributed by atoms with Crippen LogP contribution in [0.5, 0.6) is 0 Å². The number of phosphoric acid groups is 1. The summed E-state index contributed by atoms with van der Waals surface area (Å²) in [6, 6.07) is 0. The maximum atomic E-state index is 8.88. The molecular formula is H13CaO8P. The maximum absolute atomic E-state index is 8.88. The van der Waals surface area contributed by atoms with Crippen LogP contribution < -0.4 is 0 Å². The number of rotatable bonds is 0. The molecule has 0 radical (unpaired) electrons. The standard InChI is InChI=1S/Ca.H3O4P.4H2O.2H/c;1-5(2,3)4;;;;;;/h;(H3,1,2,3,4);4*1H2;;. The normalized spacial score (nSPS) is 5.90. The van der Waals surface area contributed by atoms with E-state index in [9.17, 15) is 0 Å². The average molecular weight is 212 g/mol. The van der Waals surface area contributed by atoms with Gasteiger partial charge in [0.15, 0.2) is 0 Å². The van der Waals surface area contributed by atoms with Crippen LogP contribution in [0.2, 0.25) is 0 Å². The molecule has 68 valence electrons. The van der Waals surface area contributed by atoms with Crippen LogP contribution in [0.15, 0.2) is 0 Å². The molecule has 8 nitrogen and oxygen atoms in total. The molecule has 0 spiro atoms. The van der Waals surface area contributed by atoms with E-state index >= 15 is 0 Å². The quantitative estimate of drug-likeness (QED) is 0.266. The van der Waals surface area contributed by atoms with Crippen molar-refractivity contribution in [1.29, 1.82) is 0 Å². The summed E-state index contributed by atoms with van der Waals surface area (Å²) < 4.78 is 8.88. The first kappa shape index (κ1) is 43.1. The van der Waals surface area contributed by atoms with E-state index in [4.69, 9.17) is 19.2 Å². The Kier molecular flexibility index (Phi) is 71.7. The van der Waals surface area contributed by atoms with Crippen molar-refractivity contribution in [1.82, 2.24) is 0 Å². The molecule has 0 bridgehead atoms. The summed E-state index contributed by atoms with van der Waals surface area (Å²) >= 11 is 0. The van der Waals surface area contributed by atoms with Gasteiger partial charge in [0.2, 0.25) is 0 Å². The Morgan fingerprint density at radius 3 is 0.800 bits per heavy atom. The minimum absolute atomic E-state index is 0. The second-order valence-electron chi connectivity index (χ2n) is 0.513. The topological polar surface area (TPSA) is 204 Å². The van der Waals surface area contributed by atoms with Gasteiger partial charge in [-0.25, -0.2) is 4.57 Å². The van der Waals surface area contributed by atoms with Gasteiger partial charge in [-0.15, -0.1) is 0 Å². The molecule has 10 heteroatoms. The minimum atomic E-state index is -4.64. The van der Waals surface area contributed by atoms with Crippen molar-refractivity contribution < 1.29 is 41.2 Å². The van der Waals surface area contributed by atoms with E-state index in [0.29, 0.717) is 0 Å². The molecule has 0 saturated carbocycles. The molecule has 0 rings (SSSR count). The zero-order valence-electron chi connectivity index (χ0n) is 4.20. The van der Waals surface area contributed by atoms with Crippen molar-refractivity contribution in [3.8, 4) is 0 Å². The fourth-order valence-corrected chi connectivity index (χ4v) is 0. The van der Waals surface area contributed by atoms with Gasteiger partial charge in [-0.1, -0.05) is 0 Å². The number of hydrogen-bond acceptors (Lipinski definition) is 1. The fraction of sp³-hybridized carbons (Fsp3) is 0. The van der Waals surface area contributed by atoms with E-state index in [1.807, 2.05) is 0 Å². The van der Waals surface area contributed by atoms with Crippen molar-refractivity contribution in [2.75, 3.05) is 0 Å². The summed E-state index contributed by atoms with van der Waals surface area (Å²) in [5, 5.41) is 0. The molecule has 0 aliphatic rings. The zero-order valence-corrected chi connectivity index (χ0v) is 5.09. The molecular weight excluding hydrogens is 199 g/mol. The van der Waals surface area contributed by atoms with E-state index in [1.165, 1.54) is 0 Å². The summed E-state index contributed by atoms with van der Waals surface area (Å²) in [6.45, 7) is 0. The third kappa shape index (κ3) is 424. The van der Waals surface area contributed by atoms with Gasteiger partial charge in [0.25, 0.3) is 0 Å². The molecule has 0 aliphatic heterocycles. The van der Waals surface area contributed by atoms with Crippen molar-refractivity contribution in [3.05, 3.63) is 0 Å². The average Bonchev–Trinajstić information content (AvgIpc) is 0.722. The van der Waals surface area contributed by atoms with Gasteiger partial charge >= 0.3 is 45.6 Å². The van der Waals surface area contributed by atoms with Crippen LogP contribution in [-0.2, 0) is 4.57 Å². The molecule has 11 N–H and O–H groups in total. The van der Waals surface area contributed by atoms with Gasteiger partial charge in [0.05, 0.1) is 0 Å². The van der Waals surface area contributed by atoms with Crippen molar-refractivity contribution >= 4 is 45.6 Å². The molecule has 0 amide bonds. The summed E-state index contributed by atoms with van der Waals surface area (Å²) in [5.74, 6) is 0. The van der Waals surface area contributed by atoms with Crippen molar-refractivity contribution in [3.63, 3.8) is 0 Å². The van der Waals surface area contributed by atoms with Gasteiger partial charge < -0.3 is 36.6 Å². The van der Waals surface area contributed by atoms with Gasteiger partial charge in [-0.3, -0.25) is 0 Å². The van der Waals surface area contributed by atoms with Crippen molar-refractivity contribution in [2.45, 2.75) is 0 Å². The summed E-state index contributed by atoms with van der Waals surface area (Å²) in [7, 11) is -4.64. The van der Waals surface area contributed by atoms with Gasteiger partial charge in [-0.05, 0) is 0 Å². The first-order valence-electron chi connectivity index (χ1n) is 0.783. The van der Waals surface area contributed by atoms with Crippen LogP contribution in [0, 0.1) is 0 Å². The SMILES string of the molecule is O.O.O.O.O=P(O)(O)O.[CaH2]. The summed E-state index contributed by atoms with van der Waals surface area (Å²) in [5.41, 5.74) is 0. The molecule has 0 aromatic rings. The Hall–Kier alpha value is 1.21. The molecule has 0 saturated heterocycles. The van der Waals surface area contributed by atoms with E-state index in [1.54, 1.807) is 0 Å². The number of hydrogen-bond donors (Lipinski definition) is 3. The van der Waals surface area contributed by atoms with Crippen molar-refractivity contribution in [2.24, 2.45) is 0 Å². The van der Waals surface area contributed by atoms with Crippen LogP contribution in [-0.4, -0.2) is 74.3 Å². The molecule has 0 aromatic heterocycles. The molecule has 0 fully saturated rings. The van der Waals surface area contributed by atoms with Gasteiger partial charge in [-0.2, -0.15) is 0 Å². The molecule has 0 atom stereocenters. The van der Waals surface area contributed by atoms with Crippen LogP contribution in [0.25, 0.3) is 0 Å². The first-order chi connectivity index (χ1) is 2.00. The van der Waals surface area contributed by atoms with Gasteiger partial charge in [0, 0.05) is 0 Å². The van der Waals surface area contributed by atoms with E-state index < -0.39 is 7.82 Å². The van der Waals surface area contributed by atoms with Crippen LogP contribution in [0.4, 0.5) is 0 Å². The molecule has 0 aromatic carbocycles. The summed E-state index contributed by atoms with van der Waals surface area (Å²) in [4.78, 5) is 21.6. The molecule has 0 aliphatic carbocycles. The third-order valence-corrected chi connectivity index (χ3v) is 0. The van der Waals surface area contributed by atoms with E-state index in [2.05, 4.69) is 0 Å². The Morgan fingerprint density at radius 2 is 0.800 bits per heavy atom. The second-order valence-corrected chi connectivity index (χ2v) is 1.54. The van der Waals surface area contributed by atoms with Crippen LogP contribution >= 0.6 is 7.82 Å².